The van der Waals surface area contributed by atoms with Crippen LogP contribution in [0.15, 0.2) is 0 Å². The fraction of sp³-hybridized carbons (Fsp3) is 0.846. The number of carbonyl (C=O) groups is 2. The van der Waals surface area contributed by atoms with Gasteiger partial charge in [0.15, 0.2) is 5.41 Å². The van der Waals surface area contributed by atoms with Crippen LogP contribution < -0.4 is 0 Å². The molecule has 4 nitrogen and oxygen atoms in total. The maximum Gasteiger partial charge on any atom is 0.321 e. The van der Waals surface area contributed by atoms with E-state index in [2.05, 4.69) is 6.92 Å². The van der Waals surface area contributed by atoms with Gasteiger partial charge in [-0.2, -0.15) is 0 Å². The monoisotopic (exact) mass is 244 g/mol. The molecule has 0 heterocycles. The molecule has 2 N–H and O–H groups in total. The van der Waals surface area contributed by atoms with E-state index < -0.39 is 17.4 Å². The fourth-order valence-electron chi connectivity index (χ4n) is 1.98. The average Bonchev–Trinajstić information content (AvgIpc) is 2.27. The zero-order chi connectivity index (χ0) is 13.3. The number of carboxylic acids is 2. The van der Waals surface area contributed by atoms with Crippen LogP contribution in [0.3, 0.4) is 0 Å². The lowest BCUT2D eigenvalue weighted by Crippen LogP contribution is -2.39. The average molecular weight is 244 g/mol. The maximum absolute atomic E-state index is 11.3. The van der Waals surface area contributed by atoms with Crippen molar-refractivity contribution in [2.45, 2.75) is 65.2 Å². The molecule has 0 radical (unpaired) electrons. The lowest BCUT2D eigenvalue weighted by atomic mass is 9.78. The molecule has 0 aromatic heterocycles. The number of unbranched alkanes of at least 4 members (excludes halogenated alkanes) is 4. The summed E-state index contributed by atoms with van der Waals surface area (Å²) in [7, 11) is 0. The third-order valence-corrected chi connectivity index (χ3v) is 3.23. The molecule has 100 valence electrons. The first-order valence-corrected chi connectivity index (χ1v) is 6.48. The molecule has 0 fully saturated rings. The molecule has 0 aliphatic carbocycles. The topological polar surface area (TPSA) is 74.6 Å². The third-order valence-electron chi connectivity index (χ3n) is 3.23. The van der Waals surface area contributed by atoms with Gasteiger partial charge in [0.1, 0.15) is 0 Å². The van der Waals surface area contributed by atoms with Gasteiger partial charge >= 0.3 is 11.9 Å². The minimum Gasteiger partial charge on any atom is -0.480 e. The Morgan fingerprint density at radius 1 is 0.824 bits per heavy atom. The van der Waals surface area contributed by atoms with Gasteiger partial charge in [0.05, 0.1) is 0 Å². The molecule has 0 atom stereocenters. The van der Waals surface area contributed by atoms with Crippen molar-refractivity contribution in [3.8, 4) is 0 Å². The Balaban J connectivity index is 4.56. The van der Waals surface area contributed by atoms with E-state index in [1.54, 1.807) is 0 Å². The summed E-state index contributed by atoms with van der Waals surface area (Å²) in [6.07, 6.45) is 5.62. The summed E-state index contributed by atoms with van der Waals surface area (Å²) in [6, 6.07) is 0. The van der Waals surface area contributed by atoms with Crippen LogP contribution in [0.5, 0.6) is 0 Å². The largest absolute Gasteiger partial charge is 0.480 e. The highest BCUT2D eigenvalue weighted by molar-refractivity contribution is 5.98. The molecule has 0 spiro atoms. The zero-order valence-corrected chi connectivity index (χ0v) is 10.9. The predicted molar refractivity (Wildman–Crippen MR) is 66.0 cm³/mol. The normalized spacial score (nSPS) is 11.4. The van der Waals surface area contributed by atoms with Crippen LogP contribution in [0.1, 0.15) is 65.2 Å². The zero-order valence-electron chi connectivity index (χ0n) is 10.9. The van der Waals surface area contributed by atoms with Gasteiger partial charge in [-0.05, 0) is 12.8 Å². The summed E-state index contributed by atoms with van der Waals surface area (Å²) in [5, 5.41) is 18.4. The van der Waals surface area contributed by atoms with E-state index in [4.69, 9.17) is 0 Å². The number of rotatable bonds is 10. The van der Waals surface area contributed by atoms with Gasteiger partial charge in [0.25, 0.3) is 0 Å². The van der Waals surface area contributed by atoms with Gasteiger partial charge in [-0.15, -0.1) is 0 Å². The lowest BCUT2D eigenvalue weighted by molar-refractivity contribution is -0.166. The van der Waals surface area contributed by atoms with E-state index in [1.807, 2.05) is 6.92 Å². The number of hydrogen-bond acceptors (Lipinski definition) is 2. The summed E-state index contributed by atoms with van der Waals surface area (Å²) in [4.78, 5) is 22.5. The maximum atomic E-state index is 11.3. The van der Waals surface area contributed by atoms with Crippen molar-refractivity contribution < 1.29 is 19.8 Å². The molecule has 0 aromatic rings. The van der Waals surface area contributed by atoms with Gasteiger partial charge < -0.3 is 10.2 Å². The first-order chi connectivity index (χ1) is 8.01. The van der Waals surface area contributed by atoms with E-state index in [9.17, 15) is 19.8 Å². The van der Waals surface area contributed by atoms with Crippen molar-refractivity contribution in [3.63, 3.8) is 0 Å². The molecule has 17 heavy (non-hydrogen) atoms. The predicted octanol–water partition coefficient (Wildman–Crippen LogP) is 3.30. The van der Waals surface area contributed by atoms with E-state index in [-0.39, 0.29) is 12.8 Å². The summed E-state index contributed by atoms with van der Waals surface area (Å²) in [5.41, 5.74) is -1.57. The molecule has 0 aromatic carbocycles. The quantitative estimate of drug-likeness (QED) is 0.456. The highest BCUT2D eigenvalue weighted by atomic mass is 16.4. The Morgan fingerprint density at radius 3 is 1.71 bits per heavy atom. The number of carboxylic acid groups (broad SMARTS) is 2. The third kappa shape index (κ3) is 4.75. The Labute approximate surface area is 103 Å². The number of aliphatic carboxylic acids is 2. The van der Waals surface area contributed by atoms with E-state index >= 15 is 0 Å². The van der Waals surface area contributed by atoms with Gasteiger partial charge in [-0.3, -0.25) is 9.59 Å². The van der Waals surface area contributed by atoms with Crippen LogP contribution in [0.25, 0.3) is 0 Å². The second-order valence-corrected chi connectivity index (χ2v) is 4.61. The first-order valence-electron chi connectivity index (χ1n) is 6.48. The molecule has 0 saturated carbocycles. The first kappa shape index (κ1) is 15.9. The van der Waals surface area contributed by atoms with Gasteiger partial charge in [-0.25, -0.2) is 0 Å². The van der Waals surface area contributed by atoms with E-state index in [0.717, 1.165) is 25.7 Å². The van der Waals surface area contributed by atoms with Crippen LogP contribution in [-0.4, -0.2) is 22.2 Å². The van der Waals surface area contributed by atoms with Gasteiger partial charge in [0, 0.05) is 0 Å². The van der Waals surface area contributed by atoms with Crippen molar-refractivity contribution in [2.75, 3.05) is 0 Å². The Hall–Kier alpha value is -1.06. The van der Waals surface area contributed by atoms with Crippen LogP contribution in [0, 0.1) is 5.41 Å². The van der Waals surface area contributed by atoms with Crippen molar-refractivity contribution >= 4 is 11.9 Å². The van der Waals surface area contributed by atoms with Crippen molar-refractivity contribution in [2.24, 2.45) is 5.41 Å². The Morgan fingerprint density at radius 2 is 1.29 bits per heavy atom. The molecule has 0 unspecified atom stereocenters. The summed E-state index contributed by atoms with van der Waals surface area (Å²) in [5.74, 6) is -2.37. The molecule has 4 heteroatoms. The smallest absolute Gasteiger partial charge is 0.321 e. The fourth-order valence-corrected chi connectivity index (χ4v) is 1.98. The van der Waals surface area contributed by atoms with Crippen molar-refractivity contribution in [3.05, 3.63) is 0 Å². The van der Waals surface area contributed by atoms with Crippen LogP contribution >= 0.6 is 0 Å². The lowest BCUT2D eigenvalue weighted by Gasteiger charge is -2.24. The van der Waals surface area contributed by atoms with Crippen LogP contribution in [0.2, 0.25) is 0 Å². The minimum absolute atomic E-state index is 0.236. The molecule has 0 aliphatic rings. The van der Waals surface area contributed by atoms with Crippen LogP contribution in [0.4, 0.5) is 0 Å². The second kappa shape index (κ2) is 8.09. The van der Waals surface area contributed by atoms with Crippen molar-refractivity contribution in [1.82, 2.24) is 0 Å². The Kier molecular flexibility index (Phi) is 7.59. The summed E-state index contributed by atoms with van der Waals surface area (Å²) in [6.45, 7) is 4.00. The summed E-state index contributed by atoms with van der Waals surface area (Å²) < 4.78 is 0. The standard InChI is InChI=1S/C13H24O4/c1-3-5-7-8-10-13(11(14)15,12(16)17)9-6-4-2/h3-10H2,1-2H3,(H,14,15)(H,16,17). The molecular formula is C13H24O4. The van der Waals surface area contributed by atoms with Crippen LogP contribution in [-0.2, 0) is 9.59 Å². The van der Waals surface area contributed by atoms with E-state index in [0.29, 0.717) is 12.8 Å². The van der Waals surface area contributed by atoms with Crippen molar-refractivity contribution in [1.29, 1.82) is 0 Å². The molecule has 0 bridgehead atoms. The molecule has 0 saturated heterocycles. The van der Waals surface area contributed by atoms with E-state index in [1.165, 1.54) is 0 Å². The molecule has 0 aliphatic heterocycles. The highest BCUT2D eigenvalue weighted by Crippen LogP contribution is 2.32. The van der Waals surface area contributed by atoms with Gasteiger partial charge in [0.2, 0.25) is 0 Å². The second-order valence-electron chi connectivity index (χ2n) is 4.61. The summed E-state index contributed by atoms with van der Waals surface area (Å²) >= 11 is 0. The minimum atomic E-state index is -1.57. The SMILES string of the molecule is CCCCCCC(CCCC)(C(=O)O)C(=O)O. The molecular weight excluding hydrogens is 220 g/mol. The molecule has 0 rings (SSSR count). The Bertz CT molecular complexity index is 234. The van der Waals surface area contributed by atoms with Gasteiger partial charge in [-0.1, -0.05) is 52.4 Å². The highest BCUT2D eigenvalue weighted by Gasteiger charge is 2.45. The number of hydrogen-bond donors (Lipinski definition) is 2. The molecule has 0 amide bonds.